The molecule has 0 N–H and O–H groups in total. The Labute approximate surface area is 125 Å². The Kier molecular flexibility index (Phi) is 5.50. The van der Waals surface area contributed by atoms with Crippen LogP contribution in [0.2, 0.25) is 0 Å². The quantitative estimate of drug-likeness (QED) is 0.448. The Morgan fingerprint density at radius 2 is 2.10 bits per heavy atom. The summed E-state index contributed by atoms with van der Waals surface area (Å²) >= 11 is 3.16. The van der Waals surface area contributed by atoms with Crippen LogP contribution in [0.1, 0.15) is 27.2 Å². The van der Waals surface area contributed by atoms with Gasteiger partial charge in [-0.2, -0.15) is 0 Å². The fourth-order valence-electron chi connectivity index (χ4n) is 1.50. The van der Waals surface area contributed by atoms with Crippen molar-refractivity contribution in [3.63, 3.8) is 0 Å². The zero-order chi connectivity index (χ0) is 15.3. The second-order valence-electron chi connectivity index (χ2n) is 4.28. The number of benzene rings is 1. The first-order valence-corrected chi connectivity index (χ1v) is 6.93. The molecule has 0 spiro atoms. The molecule has 0 bridgehead atoms. The fourth-order valence-corrected chi connectivity index (χ4v) is 1.85. The summed E-state index contributed by atoms with van der Waals surface area (Å²) in [5, 5.41) is 11.0. The first kappa shape index (κ1) is 16.4. The van der Waals surface area contributed by atoms with Crippen LogP contribution in [0, 0.1) is 10.1 Å². The monoisotopic (exact) mass is 345 g/mol. The van der Waals surface area contributed by atoms with E-state index in [1.54, 1.807) is 26.8 Å². The van der Waals surface area contributed by atoms with Gasteiger partial charge < -0.3 is 9.47 Å². The van der Waals surface area contributed by atoms with Gasteiger partial charge in [-0.3, -0.25) is 10.1 Å². The number of nitro groups is 1. The van der Waals surface area contributed by atoms with Gasteiger partial charge in [0.05, 0.1) is 11.5 Å². The molecule has 1 rings (SSSR count). The van der Waals surface area contributed by atoms with Crippen LogP contribution in [0.4, 0.5) is 5.69 Å². The summed E-state index contributed by atoms with van der Waals surface area (Å²) in [5.74, 6) is -0.504. The van der Waals surface area contributed by atoms with Crippen LogP contribution in [0.3, 0.4) is 0 Å². The Bertz CT molecular complexity index is 519. The smallest absolute Gasteiger partial charge is 0.350 e. The normalized spacial score (nSPS) is 13.4. The van der Waals surface area contributed by atoms with E-state index < -0.39 is 16.5 Å². The predicted molar refractivity (Wildman–Crippen MR) is 76.8 cm³/mol. The van der Waals surface area contributed by atoms with E-state index in [-0.39, 0.29) is 18.0 Å². The van der Waals surface area contributed by atoms with Crippen molar-refractivity contribution in [3.05, 3.63) is 32.8 Å². The standard InChI is InChI=1S/C13H16BrNO5/c1-4-13(3,12(16)19-5-2)20-11-7-6-9(14)8-10(11)15(17)18/h6-8H,4-5H2,1-3H3. The molecule has 20 heavy (non-hydrogen) atoms. The van der Waals surface area contributed by atoms with Gasteiger partial charge in [0.15, 0.2) is 5.75 Å². The molecule has 1 aromatic carbocycles. The van der Waals surface area contributed by atoms with Gasteiger partial charge in [0.25, 0.3) is 0 Å². The number of halogens is 1. The molecule has 0 saturated carbocycles. The van der Waals surface area contributed by atoms with E-state index in [0.717, 1.165) is 0 Å². The maximum absolute atomic E-state index is 11.9. The van der Waals surface area contributed by atoms with E-state index >= 15 is 0 Å². The van der Waals surface area contributed by atoms with Gasteiger partial charge in [-0.15, -0.1) is 0 Å². The molecule has 0 heterocycles. The van der Waals surface area contributed by atoms with Crippen molar-refractivity contribution in [2.75, 3.05) is 6.61 Å². The molecule has 1 atom stereocenters. The van der Waals surface area contributed by atoms with E-state index in [0.29, 0.717) is 10.9 Å². The lowest BCUT2D eigenvalue weighted by atomic mass is 10.0. The molecule has 0 amide bonds. The van der Waals surface area contributed by atoms with Crippen molar-refractivity contribution in [2.45, 2.75) is 32.8 Å². The molecule has 0 aromatic heterocycles. The van der Waals surface area contributed by atoms with Gasteiger partial charge in [-0.1, -0.05) is 22.9 Å². The minimum absolute atomic E-state index is 0.0376. The summed E-state index contributed by atoms with van der Waals surface area (Å²) in [6.07, 6.45) is 0.332. The average molecular weight is 346 g/mol. The number of nitro benzene ring substituents is 1. The van der Waals surface area contributed by atoms with Gasteiger partial charge in [0.1, 0.15) is 0 Å². The molecule has 110 valence electrons. The average Bonchev–Trinajstić information content (AvgIpc) is 2.40. The van der Waals surface area contributed by atoms with E-state index in [2.05, 4.69) is 15.9 Å². The number of esters is 1. The second kappa shape index (κ2) is 6.69. The highest BCUT2D eigenvalue weighted by molar-refractivity contribution is 9.10. The number of hydrogen-bond donors (Lipinski definition) is 0. The maximum atomic E-state index is 11.9. The van der Waals surface area contributed by atoms with Crippen molar-refractivity contribution in [2.24, 2.45) is 0 Å². The van der Waals surface area contributed by atoms with Gasteiger partial charge in [-0.05, 0) is 32.4 Å². The van der Waals surface area contributed by atoms with Gasteiger partial charge in [0, 0.05) is 10.5 Å². The van der Waals surface area contributed by atoms with Crippen molar-refractivity contribution in [1.82, 2.24) is 0 Å². The molecular formula is C13H16BrNO5. The van der Waals surface area contributed by atoms with Gasteiger partial charge in [-0.25, -0.2) is 4.79 Å². The van der Waals surface area contributed by atoms with Crippen LogP contribution in [-0.4, -0.2) is 23.1 Å². The third kappa shape index (κ3) is 3.69. The number of nitrogens with zero attached hydrogens (tertiary/aromatic N) is 1. The number of rotatable bonds is 6. The Hall–Kier alpha value is -1.63. The predicted octanol–water partition coefficient (Wildman–Crippen LogP) is 3.47. The van der Waals surface area contributed by atoms with Gasteiger partial charge >= 0.3 is 11.7 Å². The first-order chi connectivity index (χ1) is 9.34. The van der Waals surface area contributed by atoms with E-state index in [1.165, 1.54) is 12.1 Å². The summed E-state index contributed by atoms with van der Waals surface area (Å²) < 4.78 is 11.1. The molecule has 1 aromatic rings. The molecule has 0 radical (unpaired) electrons. The highest BCUT2D eigenvalue weighted by atomic mass is 79.9. The van der Waals surface area contributed by atoms with Crippen LogP contribution < -0.4 is 4.74 Å². The second-order valence-corrected chi connectivity index (χ2v) is 5.19. The topological polar surface area (TPSA) is 78.7 Å². The lowest BCUT2D eigenvalue weighted by Crippen LogP contribution is -2.42. The Balaban J connectivity index is 3.13. The van der Waals surface area contributed by atoms with E-state index in [4.69, 9.17) is 9.47 Å². The lowest BCUT2D eigenvalue weighted by Gasteiger charge is -2.26. The highest BCUT2D eigenvalue weighted by Crippen LogP contribution is 2.33. The third-order valence-electron chi connectivity index (χ3n) is 2.83. The van der Waals surface area contributed by atoms with Crippen LogP contribution in [0.5, 0.6) is 5.75 Å². The molecule has 7 heteroatoms. The summed E-state index contributed by atoms with van der Waals surface area (Å²) in [7, 11) is 0. The minimum Gasteiger partial charge on any atom is -0.469 e. The molecule has 6 nitrogen and oxygen atoms in total. The highest BCUT2D eigenvalue weighted by Gasteiger charge is 2.37. The number of ether oxygens (including phenoxy) is 2. The summed E-state index contributed by atoms with van der Waals surface area (Å²) in [5.41, 5.74) is -1.46. The molecule has 0 fully saturated rings. The van der Waals surface area contributed by atoms with E-state index in [1.807, 2.05) is 0 Å². The van der Waals surface area contributed by atoms with Crippen LogP contribution in [0.25, 0.3) is 0 Å². The van der Waals surface area contributed by atoms with Crippen LogP contribution in [0.15, 0.2) is 22.7 Å². The fraction of sp³-hybridized carbons (Fsp3) is 0.462. The van der Waals surface area contributed by atoms with E-state index in [9.17, 15) is 14.9 Å². The van der Waals surface area contributed by atoms with Crippen molar-refractivity contribution >= 4 is 27.6 Å². The molecule has 0 aliphatic heterocycles. The van der Waals surface area contributed by atoms with Gasteiger partial charge in [0.2, 0.25) is 5.60 Å². The number of hydrogen-bond acceptors (Lipinski definition) is 5. The molecule has 0 saturated heterocycles. The van der Waals surface area contributed by atoms with Crippen LogP contribution >= 0.6 is 15.9 Å². The first-order valence-electron chi connectivity index (χ1n) is 6.14. The summed E-state index contributed by atoms with van der Waals surface area (Å²) in [6.45, 7) is 5.22. The van der Waals surface area contributed by atoms with Crippen molar-refractivity contribution < 1.29 is 19.2 Å². The van der Waals surface area contributed by atoms with Crippen LogP contribution in [-0.2, 0) is 9.53 Å². The Morgan fingerprint density at radius 3 is 2.60 bits per heavy atom. The third-order valence-corrected chi connectivity index (χ3v) is 3.33. The number of carbonyl (C=O) groups is 1. The zero-order valence-electron chi connectivity index (χ0n) is 11.5. The van der Waals surface area contributed by atoms with Crippen molar-refractivity contribution in [3.8, 4) is 5.75 Å². The lowest BCUT2D eigenvalue weighted by molar-refractivity contribution is -0.386. The molecule has 0 aliphatic carbocycles. The number of carbonyl (C=O) groups excluding carboxylic acids is 1. The summed E-state index contributed by atoms with van der Waals surface area (Å²) in [4.78, 5) is 22.4. The van der Waals surface area contributed by atoms with Crippen molar-refractivity contribution in [1.29, 1.82) is 0 Å². The molecule has 1 unspecified atom stereocenters. The largest absolute Gasteiger partial charge is 0.469 e. The molecular weight excluding hydrogens is 330 g/mol. The SMILES string of the molecule is CCOC(=O)C(C)(CC)Oc1ccc(Br)cc1[N+](=O)[O-]. The zero-order valence-corrected chi connectivity index (χ0v) is 13.1. The Morgan fingerprint density at radius 1 is 1.45 bits per heavy atom. The summed E-state index contributed by atoms with van der Waals surface area (Å²) in [6, 6.07) is 4.40. The molecule has 0 aliphatic rings. The maximum Gasteiger partial charge on any atom is 0.350 e. The minimum atomic E-state index is -1.26.